The predicted octanol–water partition coefficient (Wildman–Crippen LogP) is 2.34. The largest absolute Gasteiger partial charge is 0.381 e. The van der Waals surface area contributed by atoms with E-state index < -0.39 is 29.7 Å². The van der Waals surface area contributed by atoms with Crippen molar-refractivity contribution >= 4 is 29.0 Å². The molecular weight excluding hydrogens is 326 g/mol. The first-order valence-electron chi connectivity index (χ1n) is 8.61. The van der Waals surface area contributed by atoms with E-state index in [-0.39, 0.29) is 11.8 Å². The summed E-state index contributed by atoms with van der Waals surface area (Å²) in [6.45, 7) is 9.64. The predicted molar refractivity (Wildman–Crippen MR) is 99.5 cm³/mol. The lowest BCUT2D eigenvalue weighted by Crippen LogP contribution is -2.52. The van der Waals surface area contributed by atoms with Crippen LogP contribution in [0, 0.1) is 23.7 Å². The second kappa shape index (κ2) is 10.6. The number of hydrogen-bond donors (Lipinski definition) is 3. The molecule has 7 heteroatoms. The third-order valence-corrected chi connectivity index (χ3v) is 4.57. The zero-order valence-electron chi connectivity index (χ0n) is 15.7. The van der Waals surface area contributed by atoms with Gasteiger partial charge in [-0.1, -0.05) is 53.3 Å². The number of primary amides is 1. The first kappa shape index (κ1) is 22.8. The van der Waals surface area contributed by atoms with Crippen LogP contribution in [-0.2, 0) is 9.59 Å². The van der Waals surface area contributed by atoms with Gasteiger partial charge >= 0.3 is 0 Å². The average molecular weight is 360 g/mol. The minimum Gasteiger partial charge on any atom is -0.381 e. The highest BCUT2D eigenvalue weighted by atomic mass is 32.1. The van der Waals surface area contributed by atoms with Crippen LogP contribution >= 0.6 is 12.2 Å². The number of carbonyl (C=O) groups is 2. The molecule has 0 aromatic carbocycles. The number of nitrogens with two attached hydrogens (primary N) is 1. The number of nitrogens with zero attached hydrogens (tertiary/aromatic N) is 1. The Balaban J connectivity index is 5.63. The van der Waals surface area contributed by atoms with E-state index in [1.54, 1.807) is 7.05 Å². The summed E-state index contributed by atoms with van der Waals surface area (Å²) in [7, 11) is 1.66. The van der Waals surface area contributed by atoms with E-state index in [1.807, 2.05) is 34.6 Å². The number of amides is 2. The molecule has 4 N–H and O–H groups in total. The summed E-state index contributed by atoms with van der Waals surface area (Å²) in [6.07, 6.45) is 1.75. The van der Waals surface area contributed by atoms with Gasteiger partial charge in [-0.2, -0.15) is 0 Å². The Labute approximate surface area is 151 Å². The molecule has 0 heterocycles. The van der Waals surface area contributed by atoms with Crippen molar-refractivity contribution in [3.63, 3.8) is 0 Å². The van der Waals surface area contributed by atoms with Crippen molar-refractivity contribution in [2.75, 3.05) is 7.05 Å². The molecule has 0 spiro atoms. The Bertz CT molecular complexity index is 441. The van der Waals surface area contributed by atoms with Crippen molar-refractivity contribution < 1.29 is 14.8 Å². The Morgan fingerprint density at radius 3 is 2.08 bits per heavy atom. The minimum atomic E-state index is -0.645. The molecule has 2 amide bonds. The van der Waals surface area contributed by atoms with Crippen molar-refractivity contribution in [3.8, 4) is 0 Å². The van der Waals surface area contributed by atoms with Gasteiger partial charge in [-0.25, -0.2) is 5.06 Å². The molecule has 0 saturated carbocycles. The van der Waals surface area contributed by atoms with Gasteiger partial charge < -0.3 is 11.1 Å². The van der Waals surface area contributed by atoms with Crippen molar-refractivity contribution in [2.24, 2.45) is 29.4 Å². The van der Waals surface area contributed by atoms with E-state index >= 15 is 0 Å². The molecule has 24 heavy (non-hydrogen) atoms. The van der Waals surface area contributed by atoms with Crippen molar-refractivity contribution in [1.29, 1.82) is 0 Å². The maximum absolute atomic E-state index is 12.9. The van der Waals surface area contributed by atoms with Crippen LogP contribution in [0.1, 0.15) is 53.9 Å². The van der Waals surface area contributed by atoms with Crippen LogP contribution in [0.5, 0.6) is 0 Å². The number of carbonyl (C=O) groups excluding carboxylic acids is 2. The molecule has 0 saturated heterocycles. The summed E-state index contributed by atoms with van der Waals surface area (Å²) < 4.78 is 0. The number of hydroxylamine groups is 2. The zero-order chi connectivity index (χ0) is 19.0. The Hall–Kier alpha value is -1.21. The summed E-state index contributed by atoms with van der Waals surface area (Å²) in [5, 5.41) is 14.1. The minimum absolute atomic E-state index is 0.0724. The van der Waals surface area contributed by atoms with Crippen molar-refractivity contribution in [1.82, 2.24) is 10.4 Å². The van der Waals surface area contributed by atoms with E-state index in [4.69, 9.17) is 18.0 Å². The van der Waals surface area contributed by atoms with Crippen LogP contribution in [-0.4, -0.2) is 40.2 Å². The van der Waals surface area contributed by atoms with Crippen LogP contribution in [0.3, 0.4) is 0 Å². The molecule has 0 aliphatic rings. The van der Waals surface area contributed by atoms with E-state index in [0.29, 0.717) is 22.9 Å². The van der Waals surface area contributed by atoms with Gasteiger partial charge in [0.1, 0.15) is 11.0 Å². The molecule has 0 fully saturated rings. The highest BCUT2D eigenvalue weighted by Gasteiger charge is 2.38. The fourth-order valence-electron chi connectivity index (χ4n) is 2.95. The standard InChI is InChI=1S/C17H33N3O3S/c1-7-8-12(15(18)21)13(9-10(2)3)17(22)20(23)14(11(4)5)16(24)19-6/h10-14,23H,7-9H2,1-6H3,(H2,18,21)(H,19,24)/t12-,13+,14-/m0/s1. The fourth-order valence-corrected chi connectivity index (χ4v) is 3.32. The lowest BCUT2D eigenvalue weighted by Gasteiger charge is -2.34. The average Bonchev–Trinajstić information content (AvgIpc) is 2.48. The van der Waals surface area contributed by atoms with Gasteiger partial charge in [0.2, 0.25) is 5.91 Å². The molecule has 0 unspecified atom stereocenters. The summed E-state index contributed by atoms with van der Waals surface area (Å²) in [4.78, 5) is 25.2. The SMILES string of the molecule is CCC[C@H](C(N)=O)[C@@H](CC(C)C)C(=O)N(O)[C@H](C(=S)NC)C(C)C. The number of nitrogens with one attached hydrogen (secondary N) is 1. The van der Waals surface area contributed by atoms with Crippen LogP contribution in [0.15, 0.2) is 0 Å². The maximum Gasteiger partial charge on any atom is 0.250 e. The normalized spacial score (nSPS) is 15.0. The molecule has 0 rings (SSSR count). The first-order valence-corrected chi connectivity index (χ1v) is 9.02. The molecule has 0 aromatic heterocycles. The maximum atomic E-state index is 12.9. The topological polar surface area (TPSA) is 95.7 Å². The van der Waals surface area contributed by atoms with Gasteiger partial charge in [-0.3, -0.25) is 14.8 Å². The molecule has 140 valence electrons. The number of likely N-dealkylation sites (N-methyl/N-ethyl adjacent to an activating group) is 1. The molecule has 0 aliphatic heterocycles. The van der Waals surface area contributed by atoms with E-state index in [9.17, 15) is 14.8 Å². The highest BCUT2D eigenvalue weighted by Crippen LogP contribution is 2.28. The summed E-state index contributed by atoms with van der Waals surface area (Å²) in [6, 6.07) is -0.637. The van der Waals surface area contributed by atoms with Gasteiger partial charge in [0, 0.05) is 13.0 Å². The Morgan fingerprint density at radius 1 is 1.21 bits per heavy atom. The lowest BCUT2D eigenvalue weighted by molar-refractivity contribution is -0.181. The second-order valence-corrected chi connectivity index (χ2v) is 7.46. The third-order valence-electron chi connectivity index (χ3n) is 4.13. The quantitative estimate of drug-likeness (QED) is 0.316. The summed E-state index contributed by atoms with van der Waals surface area (Å²) >= 11 is 5.23. The molecule has 0 bridgehead atoms. The van der Waals surface area contributed by atoms with E-state index in [0.717, 1.165) is 6.42 Å². The van der Waals surface area contributed by atoms with Crippen LogP contribution in [0.25, 0.3) is 0 Å². The van der Waals surface area contributed by atoms with E-state index in [1.165, 1.54) is 0 Å². The highest BCUT2D eigenvalue weighted by molar-refractivity contribution is 7.80. The smallest absolute Gasteiger partial charge is 0.250 e. The van der Waals surface area contributed by atoms with E-state index in [2.05, 4.69) is 5.32 Å². The van der Waals surface area contributed by atoms with Crippen molar-refractivity contribution in [2.45, 2.75) is 59.9 Å². The molecule has 0 aliphatic carbocycles. The molecule has 0 radical (unpaired) electrons. The molecule has 6 nitrogen and oxygen atoms in total. The molecule has 0 aromatic rings. The van der Waals surface area contributed by atoms with Gasteiger partial charge in [0.25, 0.3) is 5.91 Å². The summed E-state index contributed by atoms with van der Waals surface area (Å²) in [5.74, 6) is -2.10. The monoisotopic (exact) mass is 359 g/mol. The zero-order valence-corrected chi connectivity index (χ0v) is 16.5. The Morgan fingerprint density at radius 2 is 1.75 bits per heavy atom. The molecular formula is C17H33N3O3S. The number of hydrogen-bond acceptors (Lipinski definition) is 4. The second-order valence-electron chi connectivity index (χ2n) is 7.02. The van der Waals surface area contributed by atoms with Crippen LogP contribution in [0.2, 0.25) is 0 Å². The number of rotatable bonds is 10. The fraction of sp³-hybridized carbons (Fsp3) is 0.824. The van der Waals surface area contributed by atoms with Crippen LogP contribution < -0.4 is 11.1 Å². The van der Waals surface area contributed by atoms with Gasteiger partial charge in [0.15, 0.2) is 0 Å². The first-order chi connectivity index (χ1) is 11.1. The number of thiocarbonyl (C=S) groups is 1. The van der Waals surface area contributed by atoms with Gasteiger partial charge in [0.05, 0.1) is 5.92 Å². The van der Waals surface area contributed by atoms with Crippen molar-refractivity contribution in [3.05, 3.63) is 0 Å². The Kier molecular flexibility index (Phi) is 10.1. The van der Waals surface area contributed by atoms with Gasteiger partial charge in [-0.05, 0) is 24.7 Å². The van der Waals surface area contributed by atoms with Gasteiger partial charge in [-0.15, -0.1) is 0 Å². The summed E-state index contributed by atoms with van der Waals surface area (Å²) in [5.41, 5.74) is 5.53. The molecule has 3 atom stereocenters. The van der Waals surface area contributed by atoms with Crippen LogP contribution in [0.4, 0.5) is 0 Å². The third kappa shape index (κ3) is 6.36. The lowest BCUT2D eigenvalue weighted by atomic mass is 9.81.